The summed E-state index contributed by atoms with van der Waals surface area (Å²) in [7, 11) is 1.67. The van der Waals surface area contributed by atoms with Crippen molar-refractivity contribution in [3.63, 3.8) is 0 Å². The van der Waals surface area contributed by atoms with E-state index in [1.807, 2.05) is 35.3 Å². The average Bonchev–Trinajstić information content (AvgIpc) is 2.87. The van der Waals surface area contributed by atoms with Gasteiger partial charge in [0.05, 0.1) is 28.9 Å². The number of para-hydroxylation sites is 1. The highest BCUT2D eigenvalue weighted by atomic mass is 35.5. The zero-order valence-corrected chi connectivity index (χ0v) is 12.8. The lowest BCUT2D eigenvalue weighted by Crippen LogP contribution is -2.38. The van der Waals surface area contributed by atoms with Crippen LogP contribution in [0, 0.1) is 0 Å². The lowest BCUT2D eigenvalue weighted by atomic mass is 10.3. The molecule has 0 amide bonds. The summed E-state index contributed by atoms with van der Waals surface area (Å²) in [6.45, 7) is 2.79. The van der Waals surface area contributed by atoms with Crippen molar-refractivity contribution >= 4 is 34.8 Å². The first-order chi connectivity index (χ1) is 9.74. The minimum atomic E-state index is 0.605. The van der Waals surface area contributed by atoms with Crippen LogP contribution in [0.3, 0.4) is 0 Å². The van der Waals surface area contributed by atoms with Crippen LogP contribution in [-0.2, 0) is 4.74 Å². The van der Waals surface area contributed by atoms with Crippen molar-refractivity contribution in [3.8, 4) is 0 Å². The van der Waals surface area contributed by atoms with Crippen LogP contribution in [0.25, 0.3) is 0 Å². The normalized spacial score (nSPS) is 14.9. The molecule has 1 N–H and O–H groups in total. The lowest BCUT2D eigenvalue weighted by Gasteiger charge is -2.23. The number of rotatable bonds is 5. The topological polar surface area (TPSA) is 36.9 Å². The Kier molecular flexibility index (Phi) is 5.71. The second-order valence-electron chi connectivity index (χ2n) is 4.23. The summed E-state index contributed by atoms with van der Waals surface area (Å²) < 4.78 is 4.95. The van der Waals surface area contributed by atoms with Gasteiger partial charge in [-0.1, -0.05) is 41.4 Å². The van der Waals surface area contributed by atoms with Crippen molar-refractivity contribution in [3.05, 3.63) is 40.4 Å². The van der Waals surface area contributed by atoms with Crippen LogP contribution in [0.1, 0.15) is 0 Å². The molecule has 0 spiro atoms. The highest BCUT2D eigenvalue weighted by Crippen LogP contribution is 2.34. The molecule has 0 saturated heterocycles. The van der Waals surface area contributed by atoms with Crippen LogP contribution in [0.2, 0.25) is 10.0 Å². The van der Waals surface area contributed by atoms with E-state index in [-0.39, 0.29) is 0 Å². The summed E-state index contributed by atoms with van der Waals surface area (Å²) in [5, 5.41) is 4.52. The maximum atomic E-state index is 6.24. The molecule has 0 atom stereocenters. The second kappa shape index (κ2) is 7.53. The van der Waals surface area contributed by atoms with Crippen molar-refractivity contribution in [2.45, 2.75) is 0 Å². The summed E-state index contributed by atoms with van der Waals surface area (Å²) in [6, 6.07) is 5.50. The molecule has 0 aliphatic carbocycles. The Morgan fingerprint density at radius 1 is 1.35 bits per heavy atom. The van der Waals surface area contributed by atoms with Gasteiger partial charge in [-0.2, -0.15) is 0 Å². The Bertz CT molecular complexity index is 497. The number of aliphatic imine (C=N–C) groups is 1. The van der Waals surface area contributed by atoms with Gasteiger partial charge in [0.15, 0.2) is 5.96 Å². The van der Waals surface area contributed by atoms with E-state index in [1.165, 1.54) is 0 Å². The highest BCUT2D eigenvalue weighted by Gasteiger charge is 2.22. The van der Waals surface area contributed by atoms with Crippen LogP contribution >= 0.6 is 23.2 Å². The molecule has 0 radical (unpaired) electrons. The van der Waals surface area contributed by atoms with E-state index in [9.17, 15) is 0 Å². The monoisotopic (exact) mass is 313 g/mol. The minimum absolute atomic E-state index is 0.605. The van der Waals surface area contributed by atoms with Gasteiger partial charge >= 0.3 is 0 Å². The number of guanidine groups is 1. The molecule has 108 valence electrons. The summed E-state index contributed by atoms with van der Waals surface area (Å²) in [5.41, 5.74) is 0.806. The fourth-order valence-corrected chi connectivity index (χ4v) is 2.56. The number of benzene rings is 1. The smallest absolute Gasteiger partial charge is 0.198 e. The van der Waals surface area contributed by atoms with Crippen LogP contribution < -0.4 is 10.2 Å². The van der Waals surface area contributed by atoms with E-state index in [1.54, 1.807) is 7.11 Å². The van der Waals surface area contributed by atoms with Crippen LogP contribution in [0.5, 0.6) is 0 Å². The molecule has 0 aromatic heterocycles. The van der Waals surface area contributed by atoms with Crippen molar-refractivity contribution in [1.29, 1.82) is 0 Å². The van der Waals surface area contributed by atoms with E-state index in [0.29, 0.717) is 23.2 Å². The third-order valence-electron chi connectivity index (χ3n) is 2.86. The number of nitrogens with zero attached hydrogens (tertiary/aromatic N) is 2. The van der Waals surface area contributed by atoms with Gasteiger partial charge in [0.25, 0.3) is 0 Å². The van der Waals surface area contributed by atoms with E-state index < -0.39 is 0 Å². The number of nitrogens with one attached hydrogen (secondary N) is 1. The fourth-order valence-electron chi connectivity index (χ4n) is 1.96. The Morgan fingerprint density at radius 2 is 2.10 bits per heavy atom. The Balaban J connectivity index is 2.04. The van der Waals surface area contributed by atoms with E-state index in [4.69, 9.17) is 27.9 Å². The van der Waals surface area contributed by atoms with E-state index in [2.05, 4.69) is 10.3 Å². The predicted octanol–water partition coefficient (Wildman–Crippen LogP) is 2.96. The molecule has 1 aromatic rings. The molecule has 0 bridgehead atoms. The predicted molar refractivity (Wildman–Crippen MR) is 85.1 cm³/mol. The molecule has 1 aliphatic heterocycles. The van der Waals surface area contributed by atoms with E-state index >= 15 is 0 Å². The summed E-state index contributed by atoms with van der Waals surface area (Å²) >= 11 is 12.5. The minimum Gasteiger partial charge on any atom is -0.381 e. The standard InChI is InChI=1S/C14H17Cl2N3O/c1-20-10-3-2-7-17-14-18-8-9-19(14)13-11(15)5-4-6-12(13)16/h2-6H,7-10H2,1H3,(H,17,18). The van der Waals surface area contributed by atoms with Gasteiger partial charge in [-0.3, -0.25) is 4.99 Å². The summed E-state index contributed by atoms with van der Waals surface area (Å²) in [5.74, 6) is 0.794. The number of ether oxygens (including phenoxy) is 1. The van der Waals surface area contributed by atoms with Gasteiger partial charge < -0.3 is 15.0 Å². The molecular weight excluding hydrogens is 297 g/mol. The third kappa shape index (κ3) is 3.66. The summed E-state index contributed by atoms with van der Waals surface area (Å²) in [4.78, 5) is 6.45. The fraction of sp³-hybridized carbons (Fsp3) is 0.357. The van der Waals surface area contributed by atoms with Gasteiger partial charge in [-0.25, -0.2) is 0 Å². The maximum Gasteiger partial charge on any atom is 0.198 e. The molecule has 2 rings (SSSR count). The molecule has 4 nitrogen and oxygen atoms in total. The maximum absolute atomic E-state index is 6.24. The molecule has 1 heterocycles. The molecule has 1 aromatic carbocycles. The lowest BCUT2D eigenvalue weighted by molar-refractivity contribution is 0.233. The Hall–Kier alpha value is -1.23. The average molecular weight is 314 g/mol. The molecule has 20 heavy (non-hydrogen) atoms. The third-order valence-corrected chi connectivity index (χ3v) is 3.47. The quantitative estimate of drug-likeness (QED) is 0.849. The van der Waals surface area contributed by atoms with Gasteiger partial charge in [0.1, 0.15) is 0 Å². The van der Waals surface area contributed by atoms with Crippen molar-refractivity contribution in [1.82, 2.24) is 5.32 Å². The van der Waals surface area contributed by atoms with Crippen molar-refractivity contribution in [2.75, 3.05) is 38.3 Å². The van der Waals surface area contributed by atoms with Crippen molar-refractivity contribution < 1.29 is 4.74 Å². The first kappa shape index (κ1) is 15.2. The Morgan fingerprint density at radius 3 is 2.80 bits per heavy atom. The molecule has 0 unspecified atom stereocenters. The number of methoxy groups -OCH3 is 1. The summed E-state index contributed by atoms with van der Waals surface area (Å²) in [6.07, 6.45) is 3.95. The number of hydrogen-bond donors (Lipinski definition) is 1. The van der Waals surface area contributed by atoms with Gasteiger partial charge in [0, 0.05) is 20.2 Å². The largest absolute Gasteiger partial charge is 0.381 e. The molecular formula is C14H17Cl2N3O. The number of halogens is 2. The first-order valence-electron chi connectivity index (χ1n) is 6.38. The van der Waals surface area contributed by atoms with Crippen LogP contribution in [0.15, 0.2) is 35.3 Å². The SMILES string of the molecule is COCC=CCNC1=NCCN1c1c(Cl)cccc1Cl. The van der Waals surface area contributed by atoms with Crippen LogP contribution in [-0.4, -0.2) is 39.3 Å². The molecule has 1 aliphatic rings. The van der Waals surface area contributed by atoms with E-state index in [0.717, 1.165) is 24.7 Å². The molecule has 0 fully saturated rings. The van der Waals surface area contributed by atoms with Gasteiger partial charge in [0.2, 0.25) is 0 Å². The van der Waals surface area contributed by atoms with Gasteiger partial charge in [-0.15, -0.1) is 0 Å². The zero-order valence-electron chi connectivity index (χ0n) is 11.3. The number of hydrogen-bond acceptors (Lipinski definition) is 4. The Labute approximate surface area is 129 Å². The molecule has 0 saturated carbocycles. The van der Waals surface area contributed by atoms with Crippen LogP contribution in [0.4, 0.5) is 5.69 Å². The first-order valence-corrected chi connectivity index (χ1v) is 7.13. The molecule has 6 heteroatoms. The second-order valence-corrected chi connectivity index (χ2v) is 5.05. The number of anilines is 1. The highest BCUT2D eigenvalue weighted by molar-refractivity contribution is 6.40. The zero-order chi connectivity index (χ0) is 14.4. The van der Waals surface area contributed by atoms with Crippen molar-refractivity contribution in [2.24, 2.45) is 4.99 Å². The van der Waals surface area contributed by atoms with Gasteiger partial charge in [-0.05, 0) is 12.1 Å².